The topological polar surface area (TPSA) is 56.2 Å². The highest BCUT2D eigenvalue weighted by atomic mass is 19.1. The van der Waals surface area contributed by atoms with Crippen molar-refractivity contribution in [2.24, 2.45) is 0 Å². The molecule has 1 N–H and O–H groups in total. The fourth-order valence-corrected chi connectivity index (χ4v) is 2.61. The first-order valence-electron chi connectivity index (χ1n) is 8.85. The van der Waals surface area contributed by atoms with Crippen molar-refractivity contribution in [1.29, 1.82) is 0 Å². The summed E-state index contributed by atoms with van der Waals surface area (Å²) >= 11 is 0. The maximum absolute atomic E-state index is 12.9. The minimum absolute atomic E-state index is 0.140. The number of carbonyl (C=O) groups excluding carboxylic acids is 1. The highest BCUT2D eigenvalue weighted by Gasteiger charge is 2.07. The summed E-state index contributed by atoms with van der Waals surface area (Å²) < 4.78 is 20.5. The third kappa shape index (κ3) is 5.67. The monoisotopic (exact) mass is 367 g/mol. The zero-order chi connectivity index (χ0) is 19.1. The van der Waals surface area contributed by atoms with E-state index < -0.39 is 0 Å². The third-order valence-corrected chi connectivity index (χ3v) is 4.03. The molecule has 0 aliphatic heterocycles. The maximum atomic E-state index is 12.9. The van der Waals surface area contributed by atoms with E-state index in [9.17, 15) is 9.18 Å². The van der Waals surface area contributed by atoms with Crippen LogP contribution in [0.1, 0.15) is 27.9 Å². The molecule has 3 rings (SSSR count). The molecule has 0 radical (unpaired) electrons. The number of nitrogens with one attached hydrogen (secondary N) is 1. The largest absolute Gasteiger partial charge is 0.489 e. The molecule has 2 aromatic carbocycles. The first-order valence-corrected chi connectivity index (χ1v) is 8.85. The average molecular weight is 367 g/mol. The minimum Gasteiger partial charge on any atom is -0.489 e. The van der Waals surface area contributed by atoms with Crippen molar-refractivity contribution in [1.82, 2.24) is 15.1 Å². The van der Waals surface area contributed by atoms with Crippen molar-refractivity contribution >= 4 is 5.91 Å². The molecule has 0 spiro atoms. The second-order valence-electron chi connectivity index (χ2n) is 6.33. The van der Waals surface area contributed by atoms with Gasteiger partial charge >= 0.3 is 0 Å². The molecular weight excluding hydrogens is 345 g/mol. The Morgan fingerprint density at radius 1 is 1.22 bits per heavy atom. The molecule has 0 aliphatic rings. The third-order valence-electron chi connectivity index (χ3n) is 4.03. The van der Waals surface area contributed by atoms with Crippen molar-refractivity contribution in [2.45, 2.75) is 26.5 Å². The second kappa shape index (κ2) is 8.98. The Bertz CT molecular complexity index is 890. The fourth-order valence-electron chi connectivity index (χ4n) is 2.61. The minimum atomic E-state index is -0.278. The van der Waals surface area contributed by atoms with Crippen molar-refractivity contribution in [3.05, 3.63) is 83.4 Å². The summed E-state index contributed by atoms with van der Waals surface area (Å²) in [5.41, 5.74) is 2.53. The maximum Gasteiger partial charge on any atom is 0.251 e. The summed E-state index contributed by atoms with van der Waals surface area (Å²) in [7, 11) is 0. The summed E-state index contributed by atoms with van der Waals surface area (Å²) in [6, 6.07) is 13.2. The van der Waals surface area contributed by atoms with Crippen LogP contribution in [-0.4, -0.2) is 22.2 Å². The Kier molecular flexibility index (Phi) is 6.20. The van der Waals surface area contributed by atoms with Crippen LogP contribution in [0.5, 0.6) is 5.75 Å². The van der Waals surface area contributed by atoms with Crippen LogP contribution in [0.15, 0.2) is 60.9 Å². The van der Waals surface area contributed by atoms with E-state index in [4.69, 9.17) is 4.74 Å². The summed E-state index contributed by atoms with van der Waals surface area (Å²) in [6.07, 6.45) is 4.59. The number of rotatable bonds is 8. The van der Waals surface area contributed by atoms with E-state index in [0.717, 1.165) is 24.1 Å². The van der Waals surface area contributed by atoms with Crippen LogP contribution in [0, 0.1) is 12.7 Å². The number of amides is 1. The summed E-state index contributed by atoms with van der Waals surface area (Å²) in [5, 5.41) is 7.13. The van der Waals surface area contributed by atoms with Gasteiger partial charge in [-0.25, -0.2) is 4.39 Å². The number of halogens is 1. The lowest BCUT2D eigenvalue weighted by atomic mass is 10.2. The van der Waals surface area contributed by atoms with E-state index in [1.807, 2.05) is 24.0 Å². The van der Waals surface area contributed by atoms with Gasteiger partial charge in [-0.3, -0.25) is 9.48 Å². The predicted molar refractivity (Wildman–Crippen MR) is 101 cm³/mol. The number of hydrogen-bond donors (Lipinski definition) is 1. The number of ether oxygens (including phenoxy) is 1. The molecule has 140 valence electrons. The molecule has 1 aromatic heterocycles. The molecule has 0 saturated heterocycles. The van der Waals surface area contributed by atoms with E-state index in [-0.39, 0.29) is 11.7 Å². The van der Waals surface area contributed by atoms with Gasteiger partial charge in [0.05, 0.1) is 6.20 Å². The van der Waals surface area contributed by atoms with Crippen LogP contribution >= 0.6 is 0 Å². The van der Waals surface area contributed by atoms with Crippen molar-refractivity contribution in [3.63, 3.8) is 0 Å². The SMILES string of the molecule is Cc1cnn(CCCNC(=O)c2cccc(OCc3ccc(F)cc3)c2)c1. The van der Waals surface area contributed by atoms with Gasteiger partial charge in [0.1, 0.15) is 18.2 Å². The quantitative estimate of drug-likeness (QED) is 0.617. The zero-order valence-electron chi connectivity index (χ0n) is 15.2. The molecule has 0 saturated carbocycles. The standard InChI is InChI=1S/C21H22FN3O2/c1-16-13-24-25(14-16)11-3-10-23-21(26)18-4-2-5-20(12-18)27-15-17-6-8-19(22)9-7-17/h2,4-9,12-14H,3,10-11,15H2,1H3,(H,23,26). The number of aromatic nitrogens is 2. The Hall–Kier alpha value is -3.15. The van der Waals surface area contributed by atoms with Crippen LogP contribution in [0.3, 0.4) is 0 Å². The Morgan fingerprint density at radius 3 is 2.78 bits per heavy atom. The lowest BCUT2D eigenvalue weighted by Crippen LogP contribution is -2.25. The number of aryl methyl sites for hydroxylation is 2. The summed E-state index contributed by atoms with van der Waals surface area (Å²) in [5.74, 6) is 0.179. The molecule has 27 heavy (non-hydrogen) atoms. The molecule has 1 amide bonds. The first kappa shape index (κ1) is 18.6. The molecule has 1 heterocycles. The van der Waals surface area contributed by atoms with Gasteiger partial charge in [-0.05, 0) is 54.8 Å². The second-order valence-corrected chi connectivity index (χ2v) is 6.33. The zero-order valence-corrected chi connectivity index (χ0v) is 15.2. The van der Waals surface area contributed by atoms with Crippen LogP contribution < -0.4 is 10.1 Å². The normalized spacial score (nSPS) is 10.6. The van der Waals surface area contributed by atoms with E-state index in [1.165, 1.54) is 12.1 Å². The molecular formula is C21H22FN3O2. The van der Waals surface area contributed by atoms with Crippen molar-refractivity contribution in [2.75, 3.05) is 6.54 Å². The van der Waals surface area contributed by atoms with Gasteiger partial charge in [0.15, 0.2) is 0 Å². The number of nitrogens with zero attached hydrogens (tertiary/aromatic N) is 2. The molecule has 0 bridgehead atoms. The van der Waals surface area contributed by atoms with Crippen LogP contribution in [0.4, 0.5) is 4.39 Å². The number of benzene rings is 2. The predicted octanol–water partition coefficient (Wildman–Crippen LogP) is 3.73. The Labute approximate surface area is 157 Å². The molecule has 0 fully saturated rings. The van der Waals surface area contributed by atoms with E-state index in [0.29, 0.717) is 24.5 Å². The van der Waals surface area contributed by atoms with Crippen LogP contribution in [0.25, 0.3) is 0 Å². The smallest absolute Gasteiger partial charge is 0.251 e. The van der Waals surface area contributed by atoms with E-state index >= 15 is 0 Å². The number of carbonyl (C=O) groups is 1. The van der Waals surface area contributed by atoms with E-state index in [1.54, 1.807) is 36.4 Å². The van der Waals surface area contributed by atoms with Crippen LogP contribution in [0.2, 0.25) is 0 Å². The van der Waals surface area contributed by atoms with Gasteiger partial charge in [0, 0.05) is 24.8 Å². The fraction of sp³-hybridized carbons (Fsp3) is 0.238. The summed E-state index contributed by atoms with van der Waals surface area (Å²) in [4.78, 5) is 12.3. The molecule has 6 heteroatoms. The van der Waals surface area contributed by atoms with Crippen molar-refractivity contribution in [3.8, 4) is 5.75 Å². The van der Waals surface area contributed by atoms with Gasteiger partial charge in [-0.15, -0.1) is 0 Å². The number of hydrogen-bond acceptors (Lipinski definition) is 3. The van der Waals surface area contributed by atoms with Crippen LogP contribution in [-0.2, 0) is 13.2 Å². The van der Waals surface area contributed by atoms with Gasteiger partial charge in [-0.2, -0.15) is 5.10 Å². The van der Waals surface area contributed by atoms with Gasteiger partial charge in [0.25, 0.3) is 5.91 Å². The lowest BCUT2D eigenvalue weighted by Gasteiger charge is -2.09. The average Bonchev–Trinajstić information content (AvgIpc) is 3.10. The molecule has 0 atom stereocenters. The Morgan fingerprint density at radius 2 is 2.04 bits per heavy atom. The molecule has 3 aromatic rings. The van der Waals surface area contributed by atoms with E-state index in [2.05, 4.69) is 10.4 Å². The summed E-state index contributed by atoms with van der Waals surface area (Å²) in [6.45, 7) is 3.64. The highest BCUT2D eigenvalue weighted by molar-refractivity contribution is 5.94. The highest BCUT2D eigenvalue weighted by Crippen LogP contribution is 2.15. The lowest BCUT2D eigenvalue weighted by molar-refractivity contribution is 0.0952. The Balaban J connectivity index is 1.47. The van der Waals surface area contributed by atoms with Gasteiger partial charge in [0.2, 0.25) is 0 Å². The molecule has 5 nitrogen and oxygen atoms in total. The van der Waals surface area contributed by atoms with Gasteiger partial charge in [-0.1, -0.05) is 18.2 Å². The van der Waals surface area contributed by atoms with Crippen molar-refractivity contribution < 1.29 is 13.9 Å². The molecule has 0 unspecified atom stereocenters. The first-order chi connectivity index (χ1) is 13.1. The molecule has 0 aliphatic carbocycles. The van der Waals surface area contributed by atoms with Gasteiger partial charge < -0.3 is 10.1 Å².